The average Bonchev–Trinajstić information content (AvgIpc) is 3.10. The molecule has 0 aliphatic rings. The number of hydrogen-bond donors (Lipinski definition) is 1. The van der Waals surface area contributed by atoms with Gasteiger partial charge in [-0.05, 0) is 25.1 Å². The third-order valence-electron chi connectivity index (χ3n) is 3.78. The molecule has 0 fully saturated rings. The van der Waals surface area contributed by atoms with Gasteiger partial charge in [-0.3, -0.25) is 4.79 Å². The predicted octanol–water partition coefficient (Wildman–Crippen LogP) is 3.06. The molecule has 0 radical (unpaired) electrons. The number of aromatic nitrogens is 3. The van der Waals surface area contributed by atoms with E-state index in [2.05, 4.69) is 20.4 Å². The van der Waals surface area contributed by atoms with Gasteiger partial charge in [0.05, 0.1) is 11.3 Å². The van der Waals surface area contributed by atoms with Crippen LogP contribution in [0.5, 0.6) is 0 Å². The fraction of sp³-hybridized carbons (Fsp3) is 0.263. The van der Waals surface area contributed by atoms with Crippen molar-refractivity contribution in [1.29, 1.82) is 0 Å². The molecule has 3 rings (SSSR count). The molecule has 0 saturated heterocycles. The summed E-state index contributed by atoms with van der Waals surface area (Å²) < 4.78 is 5.08. The van der Waals surface area contributed by atoms with Crippen LogP contribution in [0, 0.1) is 6.92 Å². The highest BCUT2D eigenvalue weighted by molar-refractivity contribution is 7.98. The summed E-state index contributed by atoms with van der Waals surface area (Å²) in [5.41, 5.74) is 2.31. The van der Waals surface area contributed by atoms with Gasteiger partial charge >= 0.3 is 0 Å². The minimum atomic E-state index is -0.171. The van der Waals surface area contributed by atoms with Crippen LogP contribution in [0.15, 0.2) is 52.3 Å². The summed E-state index contributed by atoms with van der Waals surface area (Å²) in [7, 11) is 3.85. The number of amides is 1. The maximum atomic E-state index is 12.7. The number of pyridine rings is 2. The molecule has 1 N–H and O–H groups in total. The van der Waals surface area contributed by atoms with Crippen molar-refractivity contribution in [2.75, 3.05) is 19.0 Å². The topological polar surface area (TPSA) is 84.2 Å². The van der Waals surface area contributed by atoms with Crippen molar-refractivity contribution in [1.82, 2.24) is 20.4 Å². The fourth-order valence-electron chi connectivity index (χ4n) is 2.55. The number of anilines is 1. The number of rotatable bonds is 7. The van der Waals surface area contributed by atoms with Gasteiger partial charge in [0.1, 0.15) is 16.6 Å². The van der Waals surface area contributed by atoms with Gasteiger partial charge in [0, 0.05) is 50.4 Å². The van der Waals surface area contributed by atoms with E-state index < -0.39 is 0 Å². The zero-order chi connectivity index (χ0) is 19.2. The van der Waals surface area contributed by atoms with Crippen molar-refractivity contribution in [2.24, 2.45) is 0 Å². The third kappa shape index (κ3) is 4.85. The van der Waals surface area contributed by atoms with Gasteiger partial charge < -0.3 is 14.7 Å². The monoisotopic (exact) mass is 383 g/mol. The van der Waals surface area contributed by atoms with E-state index in [1.54, 1.807) is 24.5 Å². The van der Waals surface area contributed by atoms with Crippen molar-refractivity contribution in [2.45, 2.75) is 24.2 Å². The van der Waals surface area contributed by atoms with Crippen molar-refractivity contribution in [3.8, 4) is 0 Å². The van der Waals surface area contributed by atoms with E-state index in [0.29, 0.717) is 22.9 Å². The summed E-state index contributed by atoms with van der Waals surface area (Å²) in [5, 5.41) is 7.59. The van der Waals surface area contributed by atoms with E-state index in [1.165, 1.54) is 11.8 Å². The molecule has 0 bridgehead atoms. The molecule has 0 aliphatic carbocycles. The number of hydrogen-bond acceptors (Lipinski definition) is 7. The second-order valence-corrected chi connectivity index (χ2v) is 7.10. The quantitative estimate of drug-likeness (QED) is 0.628. The molecule has 0 unspecified atom stereocenters. The summed E-state index contributed by atoms with van der Waals surface area (Å²) in [6.45, 7) is 2.24. The largest absolute Gasteiger partial charge is 0.362 e. The first-order chi connectivity index (χ1) is 13.0. The second kappa shape index (κ2) is 8.68. The Kier molecular flexibility index (Phi) is 6.08. The molecule has 27 heavy (non-hydrogen) atoms. The Morgan fingerprint density at radius 1 is 1.22 bits per heavy atom. The van der Waals surface area contributed by atoms with Crippen LogP contribution in [0.25, 0.3) is 0 Å². The molecule has 1 amide bonds. The van der Waals surface area contributed by atoms with Crippen LogP contribution in [0.1, 0.15) is 27.4 Å². The second-order valence-electron chi connectivity index (χ2n) is 6.14. The predicted molar refractivity (Wildman–Crippen MR) is 105 cm³/mol. The van der Waals surface area contributed by atoms with Gasteiger partial charge in [-0.15, -0.1) is 0 Å². The lowest BCUT2D eigenvalue weighted by atomic mass is 10.2. The van der Waals surface area contributed by atoms with Crippen molar-refractivity contribution >= 4 is 23.5 Å². The number of carbonyl (C=O) groups is 1. The molecule has 0 atom stereocenters. The van der Waals surface area contributed by atoms with Gasteiger partial charge in [0.2, 0.25) is 0 Å². The fourth-order valence-corrected chi connectivity index (χ4v) is 3.42. The lowest BCUT2D eigenvalue weighted by Gasteiger charge is -2.16. The molecular weight excluding hydrogens is 362 g/mol. The van der Waals surface area contributed by atoms with E-state index in [0.717, 1.165) is 22.8 Å². The number of nitrogens with zero attached hydrogens (tertiary/aromatic N) is 4. The third-order valence-corrected chi connectivity index (χ3v) is 4.82. The minimum Gasteiger partial charge on any atom is -0.362 e. The van der Waals surface area contributed by atoms with E-state index in [9.17, 15) is 4.79 Å². The highest BCUT2D eigenvalue weighted by atomic mass is 32.2. The lowest BCUT2D eigenvalue weighted by Crippen LogP contribution is -2.25. The Hall–Kier alpha value is -2.87. The number of aryl methyl sites for hydroxylation is 1. The first-order valence-electron chi connectivity index (χ1n) is 8.44. The number of nitrogens with one attached hydrogen (secondary N) is 1. The van der Waals surface area contributed by atoms with Gasteiger partial charge in [0.25, 0.3) is 5.91 Å². The Morgan fingerprint density at radius 3 is 2.74 bits per heavy atom. The van der Waals surface area contributed by atoms with Crippen molar-refractivity contribution < 1.29 is 9.32 Å². The summed E-state index contributed by atoms with van der Waals surface area (Å²) >= 11 is 1.46. The molecule has 0 aromatic carbocycles. The molecule has 140 valence electrons. The van der Waals surface area contributed by atoms with Crippen LogP contribution in [0.3, 0.4) is 0 Å². The lowest BCUT2D eigenvalue weighted by molar-refractivity contribution is 0.0947. The smallest absolute Gasteiger partial charge is 0.254 e. The zero-order valence-corrected chi connectivity index (χ0v) is 16.3. The molecular formula is C19H21N5O2S. The molecule has 3 aromatic rings. The zero-order valence-electron chi connectivity index (χ0n) is 15.5. The van der Waals surface area contributed by atoms with Crippen LogP contribution in [0.4, 0.5) is 5.82 Å². The van der Waals surface area contributed by atoms with Crippen molar-refractivity contribution in [3.63, 3.8) is 0 Å². The molecule has 8 heteroatoms. The molecule has 3 aromatic heterocycles. The summed E-state index contributed by atoms with van der Waals surface area (Å²) in [5.74, 6) is 2.01. The van der Waals surface area contributed by atoms with E-state index in [-0.39, 0.29) is 5.91 Å². The Balaban J connectivity index is 1.68. The van der Waals surface area contributed by atoms with Crippen LogP contribution >= 0.6 is 11.8 Å². The summed E-state index contributed by atoms with van der Waals surface area (Å²) in [6, 6.07) is 9.22. The maximum absolute atomic E-state index is 12.7. The first-order valence-corrected chi connectivity index (χ1v) is 9.42. The maximum Gasteiger partial charge on any atom is 0.254 e. The van der Waals surface area contributed by atoms with Crippen LogP contribution in [0.2, 0.25) is 0 Å². The Labute approximate surface area is 162 Å². The molecule has 7 nitrogen and oxygen atoms in total. The Morgan fingerprint density at radius 2 is 2.00 bits per heavy atom. The molecule has 3 heterocycles. The van der Waals surface area contributed by atoms with Gasteiger partial charge in [0.15, 0.2) is 0 Å². The number of thioether (sulfide) groups is 1. The van der Waals surface area contributed by atoms with E-state index in [4.69, 9.17) is 4.52 Å². The summed E-state index contributed by atoms with van der Waals surface area (Å²) in [4.78, 5) is 23.3. The summed E-state index contributed by atoms with van der Waals surface area (Å²) in [6.07, 6.45) is 3.42. The normalized spacial score (nSPS) is 10.6. The van der Waals surface area contributed by atoms with Gasteiger partial charge in [-0.2, -0.15) is 0 Å². The standard InChI is InChI=1S/C19H21N5O2S/c1-13-10-15(23-26-13)12-27-19-16(7-5-9-21-19)18(25)22-11-14-6-4-8-20-17(14)24(2)3/h4-10H,11-12H2,1-3H3,(H,22,25). The van der Waals surface area contributed by atoms with Gasteiger partial charge in [-0.1, -0.05) is 23.0 Å². The molecule has 0 spiro atoms. The highest BCUT2D eigenvalue weighted by Gasteiger charge is 2.14. The first kappa shape index (κ1) is 18.9. The van der Waals surface area contributed by atoms with Gasteiger partial charge in [-0.25, -0.2) is 9.97 Å². The minimum absolute atomic E-state index is 0.171. The van der Waals surface area contributed by atoms with E-state index in [1.807, 2.05) is 44.1 Å². The SMILES string of the molecule is Cc1cc(CSc2ncccc2C(=O)NCc2cccnc2N(C)C)no1. The van der Waals surface area contributed by atoms with E-state index >= 15 is 0 Å². The van der Waals surface area contributed by atoms with Crippen LogP contribution < -0.4 is 10.2 Å². The molecule has 0 saturated carbocycles. The van der Waals surface area contributed by atoms with Crippen LogP contribution in [-0.2, 0) is 12.3 Å². The van der Waals surface area contributed by atoms with Crippen LogP contribution in [-0.4, -0.2) is 35.1 Å². The molecule has 0 aliphatic heterocycles. The average molecular weight is 383 g/mol. The van der Waals surface area contributed by atoms with Crippen molar-refractivity contribution in [3.05, 3.63) is 65.3 Å². The number of carbonyl (C=O) groups excluding carboxylic acids is 1. The highest BCUT2D eigenvalue weighted by Crippen LogP contribution is 2.24. The Bertz CT molecular complexity index is 926.